The first-order valence-corrected chi connectivity index (χ1v) is 16.1. The van der Waals surface area contributed by atoms with Crippen LogP contribution in [0.5, 0.6) is 0 Å². The van der Waals surface area contributed by atoms with E-state index < -0.39 is 16.1 Å². The number of carbonyl (C=O) groups excluding carboxylic acids is 1. The summed E-state index contributed by atoms with van der Waals surface area (Å²) in [6, 6.07) is 14.7. The Bertz CT molecular complexity index is 1230. The van der Waals surface area contributed by atoms with Gasteiger partial charge in [0.05, 0.1) is 40.7 Å². The van der Waals surface area contributed by atoms with Crippen LogP contribution in [0.2, 0.25) is 10.0 Å². The predicted octanol–water partition coefficient (Wildman–Crippen LogP) is 4.89. The molecule has 3 aliphatic heterocycles. The van der Waals surface area contributed by atoms with Crippen LogP contribution >= 0.6 is 23.2 Å². The zero-order chi connectivity index (χ0) is 27.4. The van der Waals surface area contributed by atoms with E-state index in [-0.39, 0.29) is 22.2 Å². The molecule has 0 aliphatic carbocycles. The summed E-state index contributed by atoms with van der Waals surface area (Å²) in [7, 11) is -3.86. The van der Waals surface area contributed by atoms with Gasteiger partial charge in [-0.1, -0.05) is 60.0 Å². The number of hydrogen-bond acceptors (Lipinski definition) is 6. The fourth-order valence-corrected chi connectivity index (χ4v) is 8.39. The molecule has 3 aliphatic rings. The Balaban J connectivity index is 1.24. The SMILES string of the molecule is O=C(CN1CCC(C(c2ccccc2)N2CCOCC2)CC1)C1CCCCN1S(=O)(=O)c1ccc(Cl)c(Cl)c1. The van der Waals surface area contributed by atoms with Crippen molar-refractivity contribution in [2.45, 2.75) is 49.1 Å². The van der Waals surface area contributed by atoms with E-state index >= 15 is 0 Å². The Morgan fingerprint density at radius 1 is 0.897 bits per heavy atom. The number of carbonyl (C=O) groups is 1. The lowest BCUT2D eigenvalue weighted by atomic mass is 9.84. The zero-order valence-corrected chi connectivity index (χ0v) is 24.5. The first-order valence-electron chi connectivity index (χ1n) is 13.9. The molecule has 2 atom stereocenters. The van der Waals surface area contributed by atoms with E-state index in [2.05, 4.69) is 40.1 Å². The molecule has 0 saturated carbocycles. The number of ketones is 1. The molecule has 0 amide bonds. The van der Waals surface area contributed by atoms with Crippen LogP contribution in [0.3, 0.4) is 0 Å². The summed E-state index contributed by atoms with van der Waals surface area (Å²) in [5.74, 6) is 0.475. The van der Waals surface area contributed by atoms with E-state index in [4.69, 9.17) is 27.9 Å². The fraction of sp³-hybridized carbons (Fsp3) is 0.552. The van der Waals surface area contributed by atoms with Crippen LogP contribution in [0, 0.1) is 5.92 Å². The highest BCUT2D eigenvalue weighted by atomic mass is 35.5. The highest BCUT2D eigenvalue weighted by molar-refractivity contribution is 7.89. The largest absolute Gasteiger partial charge is 0.379 e. The third-order valence-corrected chi connectivity index (χ3v) is 11.0. The van der Waals surface area contributed by atoms with Crippen LogP contribution in [-0.2, 0) is 19.6 Å². The normalized spacial score (nSPS) is 23.5. The third-order valence-electron chi connectivity index (χ3n) is 8.36. The summed E-state index contributed by atoms with van der Waals surface area (Å²) in [5, 5.41) is 0.486. The number of sulfonamides is 1. The van der Waals surface area contributed by atoms with Crippen molar-refractivity contribution in [2.24, 2.45) is 5.92 Å². The molecule has 5 rings (SSSR count). The van der Waals surface area contributed by atoms with Crippen molar-refractivity contribution >= 4 is 39.0 Å². The van der Waals surface area contributed by atoms with E-state index in [1.54, 1.807) is 0 Å². The van der Waals surface area contributed by atoms with Gasteiger partial charge in [-0.25, -0.2) is 8.42 Å². The van der Waals surface area contributed by atoms with Gasteiger partial charge in [-0.15, -0.1) is 0 Å². The van der Waals surface area contributed by atoms with E-state index in [0.29, 0.717) is 29.9 Å². The zero-order valence-electron chi connectivity index (χ0n) is 22.2. The van der Waals surface area contributed by atoms with Gasteiger partial charge in [0, 0.05) is 25.7 Å². The lowest BCUT2D eigenvalue weighted by Gasteiger charge is -2.43. The first-order chi connectivity index (χ1) is 18.8. The molecule has 2 aromatic carbocycles. The van der Waals surface area contributed by atoms with Crippen molar-refractivity contribution < 1.29 is 17.9 Å². The summed E-state index contributed by atoms with van der Waals surface area (Å²) >= 11 is 12.1. The Labute approximate surface area is 242 Å². The van der Waals surface area contributed by atoms with Crippen molar-refractivity contribution in [1.29, 1.82) is 0 Å². The number of nitrogens with zero attached hydrogens (tertiary/aromatic N) is 3. The third kappa shape index (κ3) is 6.70. The van der Waals surface area contributed by atoms with E-state index in [1.165, 1.54) is 28.1 Å². The summed E-state index contributed by atoms with van der Waals surface area (Å²) in [4.78, 5) is 18.4. The van der Waals surface area contributed by atoms with Crippen molar-refractivity contribution in [3.05, 3.63) is 64.1 Å². The van der Waals surface area contributed by atoms with Crippen LogP contribution in [0.25, 0.3) is 0 Å². The number of likely N-dealkylation sites (tertiary alicyclic amines) is 1. The molecular formula is C29H37Cl2N3O4S. The number of halogens is 2. The number of hydrogen-bond donors (Lipinski definition) is 0. The molecule has 212 valence electrons. The number of morpholine rings is 1. The number of Topliss-reactive ketones (excluding diaryl/α,β-unsaturated/α-hetero) is 1. The second-order valence-electron chi connectivity index (χ2n) is 10.8. The molecule has 3 fully saturated rings. The lowest BCUT2D eigenvalue weighted by Crippen LogP contribution is -2.51. The number of ether oxygens (including phenoxy) is 1. The van der Waals surface area contributed by atoms with E-state index in [0.717, 1.165) is 65.1 Å². The quantitative estimate of drug-likeness (QED) is 0.434. The van der Waals surface area contributed by atoms with Crippen molar-refractivity contribution in [1.82, 2.24) is 14.1 Å². The molecular weight excluding hydrogens is 557 g/mol. The topological polar surface area (TPSA) is 70.2 Å². The minimum absolute atomic E-state index is 0.0235. The van der Waals surface area contributed by atoms with Crippen LogP contribution < -0.4 is 0 Å². The van der Waals surface area contributed by atoms with Crippen molar-refractivity contribution in [3.63, 3.8) is 0 Å². The van der Waals surface area contributed by atoms with Gasteiger partial charge in [-0.3, -0.25) is 14.6 Å². The Morgan fingerprint density at radius 3 is 2.31 bits per heavy atom. The highest BCUT2D eigenvalue weighted by Crippen LogP contribution is 2.36. The van der Waals surface area contributed by atoms with Crippen molar-refractivity contribution in [2.75, 3.05) is 52.5 Å². The number of benzene rings is 2. The van der Waals surface area contributed by atoms with Gasteiger partial charge in [0.15, 0.2) is 5.78 Å². The van der Waals surface area contributed by atoms with Gasteiger partial charge in [-0.2, -0.15) is 4.31 Å². The molecule has 7 nitrogen and oxygen atoms in total. The molecule has 0 N–H and O–H groups in total. The summed E-state index contributed by atoms with van der Waals surface area (Å²) in [5.41, 5.74) is 1.35. The van der Waals surface area contributed by atoms with E-state index in [1.807, 2.05) is 0 Å². The first kappa shape index (κ1) is 29.0. The van der Waals surface area contributed by atoms with Crippen LogP contribution in [0.4, 0.5) is 0 Å². The predicted molar refractivity (Wildman–Crippen MR) is 154 cm³/mol. The van der Waals surface area contributed by atoms with Gasteiger partial charge in [-0.05, 0) is 68.5 Å². The number of piperidine rings is 2. The minimum Gasteiger partial charge on any atom is -0.379 e. The molecule has 0 radical (unpaired) electrons. The van der Waals surface area contributed by atoms with Gasteiger partial charge in [0.2, 0.25) is 10.0 Å². The summed E-state index contributed by atoms with van der Waals surface area (Å²) in [6.07, 6.45) is 4.12. The summed E-state index contributed by atoms with van der Waals surface area (Å²) < 4.78 is 34.0. The maximum absolute atomic E-state index is 13.5. The molecule has 10 heteroatoms. The maximum atomic E-state index is 13.5. The maximum Gasteiger partial charge on any atom is 0.243 e. The Morgan fingerprint density at radius 2 is 1.62 bits per heavy atom. The molecule has 2 aromatic rings. The number of rotatable bonds is 8. The average Bonchev–Trinajstić information content (AvgIpc) is 2.96. The standard InChI is InChI=1S/C29H37Cl2N3O4S/c30-25-10-9-24(20-26(25)31)39(36,37)34-13-5-4-8-27(34)28(35)21-32-14-11-23(12-15-32)29(22-6-2-1-3-7-22)33-16-18-38-19-17-33/h1-3,6-7,9-10,20,23,27,29H,4-5,8,11-19,21H2. The highest BCUT2D eigenvalue weighted by Gasteiger charge is 2.39. The van der Waals surface area contributed by atoms with Crippen LogP contribution in [0.15, 0.2) is 53.4 Å². The van der Waals surface area contributed by atoms with Crippen LogP contribution in [-0.4, -0.2) is 86.8 Å². The Hall–Kier alpha value is -1.52. The molecule has 3 heterocycles. The molecule has 0 bridgehead atoms. The average molecular weight is 595 g/mol. The van der Waals surface area contributed by atoms with Gasteiger partial charge in [0.1, 0.15) is 0 Å². The second kappa shape index (κ2) is 13.0. The molecule has 2 unspecified atom stereocenters. The molecule has 3 saturated heterocycles. The second-order valence-corrected chi connectivity index (χ2v) is 13.5. The smallest absolute Gasteiger partial charge is 0.243 e. The van der Waals surface area contributed by atoms with Crippen molar-refractivity contribution in [3.8, 4) is 0 Å². The Kier molecular flexibility index (Phi) is 9.65. The molecule has 39 heavy (non-hydrogen) atoms. The monoisotopic (exact) mass is 593 g/mol. The van der Waals surface area contributed by atoms with Gasteiger partial charge < -0.3 is 4.74 Å². The molecule has 0 spiro atoms. The van der Waals surface area contributed by atoms with E-state index in [9.17, 15) is 13.2 Å². The lowest BCUT2D eigenvalue weighted by molar-refractivity contribution is -0.125. The fourth-order valence-electron chi connectivity index (χ4n) is 6.33. The minimum atomic E-state index is -3.86. The summed E-state index contributed by atoms with van der Waals surface area (Å²) in [6.45, 7) is 5.66. The van der Waals surface area contributed by atoms with Gasteiger partial charge in [0.25, 0.3) is 0 Å². The molecule has 0 aromatic heterocycles. The van der Waals surface area contributed by atoms with Gasteiger partial charge >= 0.3 is 0 Å². The van der Waals surface area contributed by atoms with Crippen LogP contribution in [0.1, 0.15) is 43.7 Å².